The van der Waals surface area contributed by atoms with E-state index in [1.807, 2.05) is 18.2 Å². The molecule has 0 aliphatic carbocycles. The van der Waals surface area contributed by atoms with Gasteiger partial charge >= 0.3 is 0 Å². The number of hydrogen-bond donors (Lipinski definition) is 1. The zero-order valence-electron chi connectivity index (χ0n) is 12.4. The highest BCUT2D eigenvalue weighted by molar-refractivity contribution is 6.32. The molecule has 19 heavy (non-hydrogen) atoms. The van der Waals surface area contributed by atoms with E-state index in [2.05, 4.69) is 26.1 Å². The highest BCUT2D eigenvalue weighted by Crippen LogP contribution is 2.35. The molecule has 1 aromatic rings. The monoisotopic (exact) mass is 285 g/mol. The van der Waals surface area contributed by atoms with Crippen molar-refractivity contribution in [3.8, 4) is 5.75 Å². The second-order valence-electron chi connectivity index (χ2n) is 4.76. The zero-order valence-corrected chi connectivity index (χ0v) is 13.2. The summed E-state index contributed by atoms with van der Waals surface area (Å²) in [5.74, 6) is 0.691. The van der Waals surface area contributed by atoms with E-state index >= 15 is 0 Å². The number of halogens is 1. The summed E-state index contributed by atoms with van der Waals surface area (Å²) in [6, 6.07) is 5.96. The second-order valence-corrected chi connectivity index (χ2v) is 5.16. The number of methoxy groups -OCH3 is 2. The Morgan fingerprint density at radius 2 is 2.00 bits per heavy atom. The molecule has 0 heterocycles. The van der Waals surface area contributed by atoms with Crippen LogP contribution >= 0.6 is 11.6 Å². The van der Waals surface area contributed by atoms with Crippen LogP contribution in [0.4, 0.5) is 0 Å². The predicted octanol–water partition coefficient (Wildman–Crippen LogP) is 3.81. The van der Waals surface area contributed by atoms with E-state index in [1.165, 1.54) is 0 Å². The summed E-state index contributed by atoms with van der Waals surface area (Å²) in [5.41, 5.74) is 0.851. The Morgan fingerprint density at radius 1 is 1.32 bits per heavy atom. The van der Waals surface area contributed by atoms with Crippen LogP contribution in [-0.4, -0.2) is 26.4 Å². The topological polar surface area (TPSA) is 30.5 Å². The van der Waals surface area contributed by atoms with Crippen LogP contribution in [0.1, 0.15) is 38.8 Å². The first kappa shape index (κ1) is 16.3. The summed E-state index contributed by atoms with van der Waals surface area (Å²) >= 11 is 6.08. The van der Waals surface area contributed by atoms with Crippen LogP contribution in [-0.2, 0) is 4.74 Å². The third-order valence-corrected chi connectivity index (χ3v) is 4.01. The van der Waals surface area contributed by atoms with E-state index in [0.29, 0.717) is 10.8 Å². The minimum atomic E-state index is -0.269. The average Bonchev–Trinajstić information content (AvgIpc) is 2.45. The maximum atomic E-state index is 6.08. The van der Waals surface area contributed by atoms with Crippen LogP contribution in [0.5, 0.6) is 5.75 Å². The Balaban J connectivity index is 3.18. The average molecular weight is 286 g/mol. The van der Waals surface area contributed by atoms with Gasteiger partial charge in [0.2, 0.25) is 0 Å². The minimum Gasteiger partial charge on any atom is -0.495 e. The maximum absolute atomic E-state index is 6.08. The maximum Gasteiger partial charge on any atom is 0.137 e. The van der Waals surface area contributed by atoms with Gasteiger partial charge in [0.25, 0.3) is 0 Å². The van der Waals surface area contributed by atoms with E-state index in [0.717, 1.165) is 18.5 Å². The number of rotatable bonds is 7. The highest BCUT2D eigenvalue weighted by atomic mass is 35.5. The van der Waals surface area contributed by atoms with Gasteiger partial charge in [0, 0.05) is 7.11 Å². The van der Waals surface area contributed by atoms with Crippen molar-refractivity contribution >= 4 is 11.6 Å². The number of hydrogen-bond acceptors (Lipinski definition) is 3. The molecule has 0 aromatic heterocycles. The third kappa shape index (κ3) is 3.62. The fourth-order valence-electron chi connectivity index (χ4n) is 2.21. The molecule has 2 unspecified atom stereocenters. The number of benzene rings is 1. The van der Waals surface area contributed by atoms with Crippen LogP contribution in [0, 0.1) is 0 Å². The van der Waals surface area contributed by atoms with Gasteiger partial charge in [-0.05, 0) is 37.6 Å². The molecule has 0 aliphatic rings. The highest BCUT2D eigenvalue weighted by Gasteiger charge is 2.33. The lowest BCUT2D eigenvalue weighted by atomic mass is 9.87. The van der Waals surface area contributed by atoms with Crippen molar-refractivity contribution in [1.82, 2.24) is 5.32 Å². The quantitative estimate of drug-likeness (QED) is 0.826. The number of nitrogens with one attached hydrogen (secondary N) is 1. The molecule has 2 atom stereocenters. The Kier molecular flexibility index (Phi) is 6.11. The molecular weight excluding hydrogens is 262 g/mol. The van der Waals surface area contributed by atoms with E-state index in [4.69, 9.17) is 21.1 Å². The van der Waals surface area contributed by atoms with E-state index in [1.54, 1.807) is 14.2 Å². The summed E-state index contributed by atoms with van der Waals surface area (Å²) in [7, 11) is 3.38. The van der Waals surface area contributed by atoms with E-state index < -0.39 is 0 Å². The largest absolute Gasteiger partial charge is 0.495 e. The summed E-state index contributed by atoms with van der Waals surface area (Å²) in [6.45, 7) is 7.20. The van der Waals surface area contributed by atoms with Crippen molar-refractivity contribution < 1.29 is 9.47 Å². The molecule has 108 valence electrons. The lowest BCUT2D eigenvalue weighted by molar-refractivity contribution is -0.0296. The van der Waals surface area contributed by atoms with Gasteiger partial charge in [-0.25, -0.2) is 0 Å². The molecule has 0 saturated heterocycles. The lowest BCUT2D eigenvalue weighted by Gasteiger charge is -2.36. The van der Waals surface area contributed by atoms with Crippen molar-refractivity contribution in [1.29, 1.82) is 0 Å². The van der Waals surface area contributed by atoms with Crippen LogP contribution in [0.3, 0.4) is 0 Å². The molecule has 0 spiro atoms. The van der Waals surface area contributed by atoms with Gasteiger partial charge < -0.3 is 14.8 Å². The lowest BCUT2D eigenvalue weighted by Crippen LogP contribution is -2.42. The molecule has 0 aliphatic heterocycles. The first-order chi connectivity index (χ1) is 9.02. The fourth-order valence-corrected chi connectivity index (χ4v) is 2.41. The van der Waals surface area contributed by atoms with Gasteiger partial charge in [-0.15, -0.1) is 0 Å². The summed E-state index contributed by atoms with van der Waals surface area (Å²) in [5, 5.41) is 4.11. The number of likely N-dealkylation sites (N-methyl/N-ethyl adjacent to an activating group) is 1. The van der Waals surface area contributed by atoms with Gasteiger partial charge in [-0.2, -0.15) is 0 Å². The Bertz CT molecular complexity index is 405. The Labute approximate surface area is 121 Å². The molecule has 0 radical (unpaired) electrons. The normalized spacial score (nSPS) is 15.9. The van der Waals surface area contributed by atoms with Gasteiger partial charge in [0.05, 0.1) is 23.8 Å². The zero-order chi connectivity index (χ0) is 14.5. The first-order valence-electron chi connectivity index (χ1n) is 6.64. The van der Waals surface area contributed by atoms with Crippen molar-refractivity contribution in [3.05, 3.63) is 28.8 Å². The SMILES string of the molecule is CCNC(c1ccc(Cl)c(OC)c1)C(C)(CC)OC. The fraction of sp³-hybridized carbons (Fsp3) is 0.600. The molecule has 1 N–H and O–H groups in total. The smallest absolute Gasteiger partial charge is 0.137 e. The molecular formula is C15H24ClNO2. The van der Waals surface area contributed by atoms with E-state index in [-0.39, 0.29) is 11.6 Å². The van der Waals surface area contributed by atoms with Crippen LogP contribution in [0.25, 0.3) is 0 Å². The van der Waals surface area contributed by atoms with Gasteiger partial charge in [0.1, 0.15) is 5.75 Å². The molecule has 1 aromatic carbocycles. The van der Waals surface area contributed by atoms with Crippen molar-refractivity contribution in [2.45, 2.75) is 38.8 Å². The molecule has 4 heteroatoms. The molecule has 0 fully saturated rings. The summed E-state index contributed by atoms with van der Waals surface area (Å²) < 4.78 is 11.0. The molecule has 0 bridgehead atoms. The van der Waals surface area contributed by atoms with Crippen molar-refractivity contribution in [2.75, 3.05) is 20.8 Å². The summed E-state index contributed by atoms with van der Waals surface area (Å²) in [6.07, 6.45) is 0.909. The van der Waals surface area contributed by atoms with Gasteiger partial charge in [-0.1, -0.05) is 31.5 Å². The predicted molar refractivity (Wildman–Crippen MR) is 80.1 cm³/mol. The molecule has 1 rings (SSSR count). The van der Waals surface area contributed by atoms with Gasteiger partial charge in [-0.3, -0.25) is 0 Å². The second kappa shape index (κ2) is 7.13. The summed E-state index contributed by atoms with van der Waals surface area (Å²) in [4.78, 5) is 0. The minimum absolute atomic E-state index is 0.0960. The first-order valence-corrected chi connectivity index (χ1v) is 7.02. The van der Waals surface area contributed by atoms with Crippen LogP contribution in [0.2, 0.25) is 5.02 Å². The van der Waals surface area contributed by atoms with Gasteiger partial charge in [0.15, 0.2) is 0 Å². The van der Waals surface area contributed by atoms with Crippen molar-refractivity contribution in [3.63, 3.8) is 0 Å². The molecule has 0 amide bonds. The van der Waals surface area contributed by atoms with Crippen LogP contribution < -0.4 is 10.1 Å². The Morgan fingerprint density at radius 3 is 2.47 bits per heavy atom. The third-order valence-electron chi connectivity index (χ3n) is 3.70. The molecule has 0 saturated carbocycles. The van der Waals surface area contributed by atoms with Crippen molar-refractivity contribution in [2.24, 2.45) is 0 Å². The number of ether oxygens (including phenoxy) is 2. The van der Waals surface area contributed by atoms with Crippen LogP contribution in [0.15, 0.2) is 18.2 Å². The van der Waals surface area contributed by atoms with E-state index in [9.17, 15) is 0 Å². The standard InChI is InChI=1S/C15H24ClNO2/c1-6-15(3,19-5)14(17-7-2)11-8-9-12(16)13(10-11)18-4/h8-10,14,17H,6-7H2,1-5H3. The Hall–Kier alpha value is -0.770. The molecule has 3 nitrogen and oxygen atoms in total.